The quantitative estimate of drug-likeness (QED) is 0.0295. The molecule has 0 aromatic heterocycles. The number of aliphatic carboxylic acids is 1. The maximum Gasteiger partial charge on any atom is 0.362 e. The third-order valence-electron chi connectivity index (χ3n) is 9.37. The molecule has 0 fully saturated rings. The zero-order chi connectivity index (χ0) is 37.8. The van der Waals surface area contributed by atoms with Crippen LogP contribution in [0.4, 0.5) is 0 Å². The smallest absolute Gasteiger partial charge is 0.362 e. The van der Waals surface area contributed by atoms with E-state index in [0.29, 0.717) is 19.3 Å². The zero-order valence-corrected chi connectivity index (χ0v) is 33.8. The van der Waals surface area contributed by atoms with Crippen LogP contribution in [0.3, 0.4) is 0 Å². The number of esters is 2. The lowest BCUT2D eigenvalue weighted by molar-refractivity contribution is -0.887. The summed E-state index contributed by atoms with van der Waals surface area (Å²) in [5.41, 5.74) is 0. The maximum atomic E-state index is 12.6. The molecule has 0 heterocycles. The van der Waals surface area contributed by atoms with Crippen molar-refractivity contribution in [1.82, 2.24) is 0 Å². The molecule has 0 radical (unpaired) electrons. The minimum atomic E-state index is -0.882. The van der Waals surface area contributed by atoms with E-state index in [4.69, 9.17) is 14.2 Å². The number of rotatable bonds is 37. The maximum absolute atomic E-state index is 12.6. The molecule has 0 saturated carbocycles. The molecular formula is C43H80NO7+. The van der Waals surface area contributed by atoms with Gasteiger partial charge in [0.2, 0.25) is 0 Å². The summed E-state index contributed by atoms with van der Waals surface area (Å²) >= 11 is 0. The Kier molecular flexibility index (Phi) is 33.4. The standard InChI is InChI=1S/C43H79NO7/c1-6-8-10-12-14-16-18-20-22-23-25-27-29-31-33-41(45)50-38-39(37-49-36-35-40(43(47)48)44(3,4)5)51-42(46)34-32-30-28-26-24-21-19-17-15-13-11-9-7-2/h21,24,28,30,39-40H,6-20,22-23,25-27,29,31-38H2,1-5H3/p+1/b24-21+,30-28+. The van der Waals surface area contributed by atoms with Gasteiger partial charge in [0, 0.05) is 19.3 Å². The fourth-order valence-electron chi connectivity index (χ4n) is 6.09. The summed E-state index contributed by atoms with van der Waals surface area (Å²) in [6, 6.07) is -0.619. The minimum Gasteiger partial charge on any atom is -0.477 e. The summed E-state index contributed by atoms with van der Waals surface area (Å²) in [4.78, 5) is 36.8. The van der Waals surface area contributed by atoms with Gasteiger partial charge < -0.3 is 23.8 Å². The second-order valence-corrected chi connectivity index (χ2v) is 15.2. The van der Waals surface area contributed by atoms with E-state index in [1.54, 1.807) is 0 Å². The second-order valence-electron chi connectivity index (χ2n) is 15.2. The first-order chi connectivity index (χ1) is 24.6. The van der Waals surface area contributed by atoms with Crippen molar-refractivity contribution in [2.45, 2.75) is 193 Å². The summed E-state index contributed by atoms with van der Waals surface area (Å²) < 4.78 is 17.2. The van der Waals surface area contributed by atoms with Crippen LogP contribution in [0.1, 0.15) is 181 Å². The number of hydrogen-bond acceptors (Lipinski definition) is 6. The highest BCUT2D eigenvalue weighted by Crippen LogP contribution is 2.14. The van der Waals surface area contributed by atoms with E-state index < -0.39 is 18.1 Å². The second kappa shape index (κ2) is 34.9. The SMILES string of the molecule is CCCCCCCC/C=C/C/C=C/CCC(=O)OC(COCCC(C(=O)O)[N+](C)(C)C)COC(=O)CCCCCCCCCCCCCCCC. The molecule has 0 amide bonds. The number of carboxylic acid groups (broad SMARTS) is 1. The van der Waals surface area contributed by atoms with E-state index in [1.807, 2.05) is 27.2 Å². The number of likely N-dealkylation sites (N-methyl/N-ethyl adjacent to an activating group) is 1. The number of carboxylic acids is 1. The molecule has 1 N–H and O–H groups in total. The number of quaternary nitrogens is 1. The van der Waals surface area contributed by atoms with Crippen LogP contribution in [0.5, 0.6) is 0 Å². The van der Waals surface area contributed by atoms with Crippen LogP contribution in [0.15, 0.2) is 24.3 Å². The van der Waals surface area contributed by atoms with E-state index in [1.165, 1.54) is 109 Å². The highest BCUT2D eigenvalue weighted by molar-refractivity contribution is 5.72. The third-order valence-corrected chi connectivity index (χ3v) is 9.37. The average molecular weight is 723 g/mol. The molecule has 298 valence electrons. The molecular weight excluding hydrogens is 642 g/mol. The van der Waals surface area contributed by atoms with E-state index in [0.717, 1.165) is 32.1 Å². The molecule has 0 bridgehead atoms. The Morgan fingerprint density at radius 2 is 1.08 bits per heavy atom. The number of carbonyl (C=O) groups excluding carboxylic acids is 2. The lowest BCUT2D eigenvalue weighted by atomic mass is 10.0. The third kappa shape index (κ3) is 33.4. The molecule has 0 rings (SSSR count). The number of ether oxygens (including phenoxy) is 3. The van der Waals surface area contributed by atoms with Gasteiger partial charge in [0.25, 0.3) is 0 Å². The van der Waals surface area contributed by atoms with Crippen molar-refractivity contribution >= 4 is 17.9 Å². The first kappa shape index (κ1) is 48.8. The molecule has 8 heteroatoms. The van der Waals surface area contributed by atoms with Crippen LogP contribution in [0.25, 0.3) is 0 Å². The van der Waals surface area contributed by atoms with Crippen molar-refractivity contribution in [2.24, 2.45) is 0 Å². The Hall–Kier alpha value is -2.19. The van der Waals surface area contributed by atoms with Gasteiger partial charge in [0.05, 0.1) is 34.4 Å². The highest BCUT2D eigenvalue weighted by Gasteiger charge is 2.31. The summed E-state index contributed by atoms with van der Waals surface area (Å²) in [6.45, 7) is 4.67. The van der Waals surface area contributed by atoms with Gasteiger partial charge in [-0.25, -0.2) is 4.79 Å². The van der Waals surface area contributed by atoms with Gasteiger partial charge in [-0.05, 0) is 32.1 Å². The Bertz CT molecular complexity index is 895. The molecule has 8 nitrogen and oxygen atoms in total. The minimum absolute atomic E-state index is 0.0423. The normalized spacial score (nSPS) is 13.2. The van der Waals surface area contributed by atoms with Crippen molar-refractivity contribution in [2.75, 3.05) is 41.0 Å². The number of unbranched alkanes of at least 4 members (excludes halogenated alkanes) is 19. The van der Waals surface area contributed by atoms with Gasteiger partial charge in [0.15, 0.2) is 12.1 Å². The van der Waals surface area contributed by atoms with Gasteiger partial charge in [-0.1, -0.05) is 154 Å². The van der Waals surface area contributed by atoms with E-state index >= 15 is 0 Å². The average Bonchev–Trinajstić information content (AvgIpc) is 3.08. The molecule has 0 aromatic rings. The first-order valence-electron chi connectivity index (χ1n) is 20.9. The monoisotopic (exact) mass is 723 g/mol. The Labute approximate surface area is 313 Å². The van der Waals surface area contributed by atoms with Crippen molar-refractivity contribution in [3.63, 3.8) is 0 Å². The van der Waals surface area contributed by atoms with E-state index in [2.05, 4.69) is 32.1 Å². The Morgan fingerprint density at radius 1 is 0.588 bits per heavy atom. The summed E-state index contributed by atoms with van der Waals surface area (Å²) in [5.74, 6) is -1.55. The summed E-state index contributed by atoms with van der Waals surface area (Å²) in [7, 11) is 5.51. The Balaban J connectivity index is 4.43. The van der Waals surface area contributed by atoms with Crippen LogP contribution >= 0.6 is 0 Å². The van der Waals surface area contributed by atoms with Gasteiger partial charge >= 0.3 is 17.9 Å². The number of allylic oxidation sites excluding steroid dienone is 4. The van der Waals surface area contributed by atoms with Crippen LogP contribution in [0, 0.1) is 0 Å². The fraction of sp³-hybridized carbons (Fsp3) is 0.837. The van der Waals surface area contributed by atoms with E-state index in [9.17, 15) is 19.5 Å². The van der Waals surface area contributed by atoms with Crippen LogP contribution in [-0.2, 0) is 28.6 Å². The topological polar surface area (TPSA) is 99.1 Å². The van der Waals surface area contributed by atoms with Crippen LogP contribution in [-0.4, -0.2) is 80.6 Å². The van der Waals surface area contributed by atoms with Gasteiger partial charge in [-0.2, -0.15) is 0 Å². The first-order valence-corrected chi connectivity index (χ1v) is 20.9. The molecule has 2 unspecified atom stereocenters. The van der Waals surface area contributed by atoms with Crippen molar-refractivity contribution in [3.05, 3.63) is 24.3 Å². The summed E-state index contributed by atoms with van der Waals surface area (Å²) in [6.07, 6.45) is 36.6. The van der Waals surface area contributed by atoms with Crippen LogP contribution in [0.2, 0.25) is 0 Å². The molecule has 0 spiro atoms. The predicted octanol–water partition coefficient (Wildman–Crippen LogP) is 10.9. The molecule has 0 aromatic carbocycles. The zero-order valence-electron chi connectivity index (χ0n) is 33.8. The predicted molar refractivity (Wildman–Crippen MR) is 211 cm³/mol. The molecule has 2 atom stereocenters. The molecule has 0 aliphatic carbocycles. The van der Waals surface area contributed by atoms with E-state index in [-0.39, 0.29) is 42.7 Å². The highest BCUT2D eigenvalue weighted by atomic mass is 16.6. The van der Waals surface area contributed by atoms with Crippen molar-refractivity contribution < 1.29 is 38.2 Å². The lowest BCUT2D eigenvalue weighted by Crippen LogP contribution is -2.50. The molecule has 0 saturated heterocycles. The fourth-order valence-corrected chi connectivity index (χ4v) is 6.09. The van der Waals surface area contributed by atoms with Crippen molar-refractivity contribution in [1.29, 1.82) is 0 Å². The van der Waals surface area contributed by atoms with Crippen molar-refractivity contribution in [3.8, 4) is 0 Å². The lowest BCUT2D eigenvalue weighted by Gasteiger charge is -2.31. The van der Waals surface area contributed by atoms with Gasteiger partial charge in [-0.15, -0.1) is 0 Å². The molecule has 0 aliphatic heterocycles. The Morgan fingerprint density at radius 3 is 1.59 bits per heavy atom. The molecule has 51 heavy (non-hydrogen) atoms. The number of carbonyl (C=O) groups is 3. The number of hydrogen-bond donors (Lipinski definition) is 1. The van der Waals surface area contributed by atoms with Gasteiger partial charge in [0.1, 0.15) is 6.61 Å². The number of nitrogens with zero attached hydrogens (tertiary/aromatic N) is 1. The van der Waals surface area contributed by atoms with Gasteiger partial charge in [-0.3, -0.25) is 9.59 Å². The summed E-state index contributed by atoms with van der Waals surface area (Å²) in [5, 5.41) is 9.59. The molecule has 0 aliphatic rings. The van der Waals surface area contributed by atoms with Crippen LogP contribution < -0.4 is 0 Å². The largest absolute Gasteiger partial charge is 0.477 e.